The first-order valence-corrected chi connectivity index (χ1v) is 9.49. The fourth-order valence-corrected chi connectivity index (χ4v) is 3.21. The summed E-state index contributed by atoms with van der Waals surface area (Å²) < 4.78 is 0. The number of allylic oxidation sites excluding steroid dienone is 2. The second-order valence-electron chi connectivity index (χ2n) is 6.62. The Balaban J connectivity index is 1.51. The minimum absolute atomic E-state index is 1.23. The number of unbranched alkanes of at least 4 members (excludes halogenated alkanes) is 8. The molecule has 124 valence electrons. The Hall–Kier alpha value is -1.56. The van der Waals surface area contributed by atoms with Crippen molar-refractivity contribution in [3.05, 3.63) is 60.2 Å². The van der Waals surface area contributed by atoms with Gasteiger partial charge in [-0.25, -0.2) is 0 Å². The number of hydrogen-bond acceptors (Lipinski definition) is 0. The van der Waals surface area contributed by atoms with Gasteiger partial charge in [0.1, 0.15) is 0 Å². The van der Waals surface area contributed by atoms with Gasteiger partial charge in [-0.15, -0.1) is 0 Å². The predicted molar refractivity (Wildman–Crippen MR) is 104 cm³/mol. The maximum absolute atomic E-state index is 2.36. The molecule has 0 radical (unpaired) electrons. The van der Waals surface area contributed by atoms with Gasteiger partial charge in [0.2, 0.25) is 0 Å². The molecule has 0 aliphatic rings. The first-order valence-electron chi connectivity index (χ1n) is 9.49. The van der Waals surface area contributed by atoms with Crippen molar-refractivity contribution in [2.75, 3.05) is 0 Å². The van der Waals surface area contributed by atoms with Gasteiger partial charge < -0.3 is 0 Å². The van der Waals surface area contributed by atoms with Gasteiger partial charge in [0, 0.05) is 0 Å². The molecule has 0 nitrogen and oxygen atoms in total. The highest BCUT2D eigenvalue weighted by atomic mass is 14.0. The van der Waals surface area contributed by atoms with Crippen LogP contribution < -0.4 is 0 Å². The van der Waals surface area contributed by atoms with E-state index in [1.165, 1.54) is 80.5 Å². The van der Waals surface area contributed by atoms with E-state index in [2.05, 4.69) is 61.5 Å². The molecular formula is C23H32. The molecule has 0 heterocycles. The lowest BCUT2D eigenvalue weighted by molar-refractivity contribution is 0.569. The highest BCUT2D eigenvalue weighted by Crippen LogP contribution is 2.18. The zero-order valence-corrected chi connectivity index (χ0v) is 14.8. The molecule has 23 heavy (non-hydrogen) atoms. The van der Waals surface area contributed by atoms with Crippen LogP contribution in [0.3, 0.4) is 0 Å². The molecule has 2 aromatic carbocycles. The molecule has 2 rings (SSSR count). The van der Waals surface area contributed by atoms with E-state index in [1.54, 1.807) is 0 Å². The summed E-state index contributed by atoms with van der Waals surface area (Å²) in [6.07, 6.45) is 18.1. The molecule has 2 aromatic rings. The van der Waals surface area contributed by atoms with Crippen LogP contribution in [0.2, 0.25) is 0 Å². The maximum atomic E-state index is 2.36. The molecular weight excluding hydrogens is 276 g/mol. The first-order chi connectivity index (χ1) is 11.4. The van der Waals surface area contributed by atoms with E-state index in [0.717, 1.165) is 0 Å². The van der Waals surface area contributed by atoms with E-state index in [1.807, 2.05) is 0 Å². The van der Waals surface area contributed by atoms with Crippen LogP contribution in [0.1, 0.15) is 70.3 Å². The summed E-state index contributed by atoms with van der Waals surface area (Å²) in [5.41, 5.74) is 1.49. The van der Waals surface area contributed by atoms with Crippen molar-refractivity contribution in [2.24, 2.45) is 0 Å². The average molecular weight is 309 g/mol. The van der Waals surface area contributed by atoms with Crippen LogP contribution in [0.15, 0.2) is 54.6 Å². The normalized spacial score (nSPS) is 11.5. The third kappa shape index (κ3) is 7.03. The molecule has 0 amide bonds. The third-order valence-corrected chi connectivity index (χ3v) is 4.64. The van der Waals surface area contributed by atoms with Crippen LogP contribution in [0.5, 0.6) is 0 Å². The molecule has 0 heteroatoms. The lowest BCUT2D eigenvalue weighted by atomic mass is 10.0. The Bertz CT molecular complexity index is 579. The van der Waals surface area contributed by atoms with Crippen LogP contribution in [0, 0.1) is 0 Å². The Morgan fingerprint density at radius 2 is 1.35 bits per heavy atom. The predicted octanol–water partition coefficient (Wildman–Crippen LogP) is 7.47. The van der Waals surface area contributed by atoms with Crippen molar-refractivity contribution in [3.63, 3.8) is 0 Å². The van der Waals surface area contributed by atoms with Gasteiger partial charge in [-0.05, 0) is 48.9 Å². The molecule has 0 N–H and O–H groups in total. The minimum atomic E-state index is 1.23. The summed E-state index contributed by atoms with van der Waals surface area (Å²) in [6.45, 7) is 2.11. The molecule has 0 aliphatic carbocycles. The Morgan fingerprint density at radius 3 is 2.09 bits per heavy atom. The van der Waals surface area contributed by atoms with Crippen molar-refractivity contribution in [1.82, 2.24) is 0 Å². The van der Waals surface area contributed by atoms with Gasteiger partial charge in [-0.3, -0.25) is 0 Å². The standard InChI is InChI=1S/C23H32/c1-2-3-4-5-6-7-8-9-10-11-12-15-21-18-19-22-16-13-14-17-23(22)20-21/h2-3,13-14,16-20H,4-12,15H2,1H3/b3-2+. The van der Waals surface area contributed by atoms with Crippen LogP contribution in [-0.2, 0) is 6.42 Å². The number of benzene rings is 2. The highest BCUT2D eigenvalue weighted by Gasteiger charge is 1.97. The number of aryl methyl sites for hydroxylation is 1. The fraction of sp³-hybridized carbons (Fsp3) is 0.478. The molecule has 0 aromatic heterocycles. The van der Waals surface area contributed by atoms with Gasteiger partial charge in [0.25, 0.3) is 0 Å². The average Bonchev–Trinajstić information content (AvgIpc) is 2.59. The van der Waals surface area contributed by atoms with E-state index in [-0.39, 0.29) is 0 Å². The molecule has 0 saturated heterocycles. The van der Waals surface area contributed by atoms with E-state index >= 15 is 0 Å². The number of rotatable bonds is 11. The second-order valence-corrected chi connectivity index (χ2v) is 6.62. The number of hydrogen-bond donors (Lipinski definition) is 0. The third-order valence-electron chi connectivity index (χ3n) is 4.64. The van der Waals surface area contributed by atoms with Gasteiger partial charge in [-0.2, -0.15) is 0 Å². The Labute approximate surface area is 142 Å². The van der Waals surface area contributed by atoms with Crippen molar-refractivity contribution in [2.45, 2.75) is 71.1 Å². The molecule has 0 unspecified atom stereocenters. The monoisotopic (exact) mass is 308 g/mol. The van der Waals surface area contributed by atoms with E-state index in [0.29, 0.717) is 0 Å². The molecule has 0 bridgehead atoms. The summed E-state index contributed by atoms with van der Waals surface area (Å²) in [5, 5.41) is 2.73. The van der Waals surface area contributed by atoms with Crippen molar-refractivity contribution in [1.29, 1.82) is 0 Å². The zero-order valence-electron chi connectivity index (χ0n) is 14.8. The van der Waals surface area contributed by atoms with Crippen molar-refractivity contribution in [3.8, 4) is 0 Å². The maximum Gasteiger partial charge on any atom is -0.0181 e. The smallest absolute Gasteiger partial charge is 0.0181 e. The highest BCUT2D eigenvalue weighted by molar-refractivity contribution is 5.82. The van der Waals surface area contributed by atoms with Crippen molar-refractivity contribution >= 4 is 10.8 Å². The molecule has 0 fully saturated rings. The van der Waals surface area contributed by atoms with Crippen LogP contribution in [0.25, 0.3) is 10.8 Å². The first kappa shape index (κ1) is 17.8. The van der Waals surface area contributed by atoms with Crippen LogP contribution in [-0.4, -0.2) is 0 Å². The molecule has 0 saturated carbocycles. The SMILES string of the molecule is C/C=C/CCCCCCCCCCc1ccc2ccccc2c1. The topological polar surface area (TPSA) is 0 Å². The summed E-state index contributed by atoms with van der Waals surface area (Å²) in [4.78, 5) is 0. The van der Waals surface area contributed by atoms with E-state index in [4.69, 9.17) is 0 Å². The van der Waals surface area contributed by atoms with E-state index in [9.17, 15) is 0 Å². The zero-order chi connectivity index (χ0) is 16.2. The summed E-state index contributed by atoms with van der Waals surface area (Å²) in [5.74, 6) is 0. The largest absolute Gasteiger partial charge is 0.0917 e. The van der Waals surface area contributed by atoms with Crippen LogP contribution >= 0.6 is 0 Å². The van der Waals surface area contributed by atoms with Gasteiger partial charge in [-0.1, -0.05) is 93.1 Å². The van der Waals surface area contributed by atoms with Gasteiger partial charge in [0.15, 0.2) is 0 Å². The fourth-order valence-electron chi connectivity index (χ4n) is 3.21. The van der Waals surface area contributed by atoms with Crippen molar-refractivity contribution < 1.29 is 0 Å². The Morgan fingerprint density at radius 1 is 0.696 bits per heavy atom. The summed E-state index contributed by atoms with van der Waals surface area (Å²) in [7, 11) is 0. The molecule has 0 spiro atoms. The quantitative estimate of drug-likeness (QED) is 0.298. The summed E-state index contributed by atoms with van der Waals surface area (Å²) >= 11 is 0. The van der Waals surface area contributed by atoms with Crippen LogP contribution in [0.4, 0.5) is 0 Å². The molecule has 0 atom stereocenters. The van der Waals surface area contributed by atoms with Gasteiger partial charge >= 0.3 is 0 Å². The lowest BCUT2D eigenvalue weighted by Crippen LogP contribution is -1.87. The van der Waals surface area contributed by atoms with E-state index < -0.39 is 0 Å². The number of fused-ring (bicyclic) bond motifs is 1. The second kappa shape index (κ2) is 11.0. The molecule has 0 aliphatic heterocycles. The minimum Gasteiger partial charge on any atom is -0.0917 e. The summed E-state index contributed by atoms with van der Waals surface area (Å²) in [6, 6.07) is 15.6. The Kier molecular flexibility index (Phi) is 8.55. The van der Waals surface area contributed by atoms with Gasteiger partial charge in [0.05, 0.1) is 0 Å². The lowest BCUT2D eigenvalue weighted by Gasteiger charge is -2.04.